The van der Waals surface area contributed by atoms with Gasteiger partial charge in [-0.1, -0.05) is 12.1 Å². The molecule has 2 saturated heterocycles. The van der Waals surface area contributed by atoms with E-state index in [4.69, 9.17) is 4.74 Å². The molecule has 2 aliphatic heterocycles. The van der Waals surface area contributed by atoms with Crippen LogP contribution in [0.5, 0.6) is 5.75 Å². The van der Waals surface area contributed by atoms with Gasteiger partial charge in [-0.15, -0.1) is 11.8 Å². The average Bonchev–Trinajstić information content (AvgIpc) is 3.38. The van der Waals surface area contributed by atoms with Crippen LogP contribution < -0.4 is 4.74 Å². The SMILES string of the molecule is COc1ccc(F)cc1CN1CCN(C(=O)c2ccccc2SCC(=O)N2CCCC2)CC1. The maximum atomic E-state index is 13.7. The Kier molecular flexibility index (Phi) is 7.88. The Bertz CT molecular complexity index is 989. The summed E-state index contributed by atoms with van der Waals surface area (Å²) >= 11 is 1.44. The van der Waals surface area contributed by atoms with Crippen molar-refractivity contribution < 1.29 is 18.7 Å². The third-order valence-electron chi connectivity index (χ3n) is 6.22. The molecule has 4 rings (SSSR count). The molecule has 0 saturated carbocycles. The molecule has 176 valence electrons. The first kappa shape index (κ1) is 23.6. The van der Waals surface area contributed by atoms with Crippen molar-refractivity contribution in [2.75, 3.05) is 52.1 Å². The molecular weight excluding hydrogens is 441 g/mol. The van der Waals surface area contributed by atoms with E-state index < -0.39 is 0 Å². The van der Waals surface area contributed by atoms with Gasteiger partial charge in [0.1, 0.15) is 11.6 Å². The number of benzene rings is 2. The zero-order valence-electron chi connectivity index (χ0n) is 19.0. The van der Waals surface area contributed by atoms with Crippen molar-refractivity contribution in [1.82, 2.24) is 14.7 Å². The number of halogens is 1. The maximum Gasteiger partial charge on any atom is 0.255 e. The lowest BCUT2D eigenvalue weighted by Crippen LogP contribution is -2.48. The molecule has 2 aromatic rings. The molecule has 0 N–H and O–H groups in total. The Hall–Kier alpha value is -2.58. The number of carbonyl (C=O) groups is 2. The van der Waals surface area contributed by atoms with Gasteiger partial charge in [0.05, 0.1) is 18.4 Å². The Morgan fingerprint density at radius 3 is 2.42 bits per heavy atom. The van der Waals surface area contributed by atoms with Gasteiger partial charge in [0.25, 0.3) is 5.91 Å². The van der Waals surface area contributed by atoms with Crippen molar-refractivity contribution in [3.05, 3.63) is 59.4 Å². The summed E-state index contributed by atoms with van der Waals surface area (Å²) in [6.07, 6.45) is 2.15. The molecule has 0 atom stereocenters. The first-order chi connectivity index (χ1) is 16.0. The smallest absolute Gasteiger partial charge is 0.255 e. The van der Waals surface area contributed by atoms with Crippen LogP contribution in [0, 0.1) is 5.82 Å². The average molecular weight is 472 g/mol. The molecule has 6 nitrogen and oxygen atoms in total. The minimum atomic E-state index is -0.281. The van der Waals surface area contributed by atoms with E-state index in [9.17, 15) is 14.0 Å². The van der Waals surface area contributed by atoms with Gasteiger partial charge in [0.15, 0.2) is 0 Å². The van der Waals surface area contributed by atoms with Crippen LogP contribution in [0.25, 0.3) is 0 Å². The highest BCUT2D eigenvalue weighted by atomic mass is 32.2. The van der Waals surface area contributed by atoms with Gasteiger partial charge < -0.3 is 14.5 Å². The number of likely N-dealkylation sites (tertiary alicyclic amines) is 1. The van der Waals surface area contributed by atoms with E-state index in [2.05, 4.69) is 4.90 Å². The van der Waals surface area contributed by atoms with Crippen LogP contribution in [0.1, 0.15) is 28.8 Å². The predicted octanol–water partition coefficient (Wildman–Crippen LogP) is 3.51. The largest absolute Gasteiger partial charge is 0.496 e. The number of methoxy groups -OCH3 is 1. The number of ether oxygens (including phenoxy) is 1. The first-order valence-electron chi connectivity index (χ1n) is 11.4. The minimum Gasteiger partial charge on any atom is -0.496 e. The van der Waals surface area contributed by atoms with Gasteiger partial charge in [-0.2, -0.15) is 0 Å². The van der Waals surface area contributed by atoms with Crippen molar-refractivity contribution in [2.45, 2.75) is 24.3 Å². The summed E-state index contributed by atoms with van der Waals surface area (Å²) < 4.78 is 19.0. The number of hydrogen-bond donors (Lipinski definition) is 0. The van der Waals surface area contributed by atoms with Crippen LogP contribution in [0.4, 0.5) is 4.39 Å². The molecule has 2 aliphatic rings. The number of hydrogen-bond acceptors (Lipinski definition) is 5. The monoisotopic (exact) mass is 471 g/mol. The molecule has 2 fully saturated rings. The number of rotatable bonds is 7. The third-order valence-corrected chi connectivity index (χ3v) is 7.28. The highest BCUT2D eigenvalue weighted by Gasteiger charge is 2.25. The normalized spacial score (nSPS) is 16.8. The summed E-state index contributed by atoms with van der Waals surface area (Å²) in [5.74, 6) is 0.880. The van der Waals surface area contributed by atoms with Gasteiger partial charge in [0.2, 0.25) is 5.91 Å². The Morgan fingerprint density at radius 1 is 0.970 bits per heavy atom. The second-order valence-electron chi connectivity index (χ2n) is 8.40. The number of piperazine rings is 1. The lowest BCUT2D eigenvalue weighted by atomic mass is 10.1. The van der Waals surface area contributed by atoms with Crippen LogP contribution in [-0.4, -0.2) is 78.6 Å². The van der Waals surface area contributed by atoms with E-state index >= 15 is 0 Å². The predicted molar refractivity (Wildman–Crippen MR) is 127 cm³/mol. The van der Waals surface area contributed by atoms with E-state index in [0.717, 1.165) is 36.4 Å². The summed E-state index contributed by atoms with van der Waals surface area (Å²) in [6, 6.07) is 12.1. The summed E-state index contributed by atoms with van der Waals surface area (Å²) in [5.41, 5.74) is 1.46. The fourth-order valence-electron chi connectivity index (χ4n) is 4.36. The molecule has 0 aliphatic carbocycles. The van der Waals surface area contributed by atoms with E-state index in [1.807, 2.05) is 34.1 Å². The van der Waals surface area contributed by atoms with Gasteiger partial charge in [-0.05, 0) is 43.2 Å². The first-order valence-corrected chi connectivity index (χ1v) is 12.4. The molecule has 2 aromatic carbocycles. The summed E-state index contributed by atoms with van der Waals surface area (Å²) in [7, 11) is 1.58. The topological polar surface area (TPSA) is 53.1 Å². The van der Waals surface area contributed by atoms with Crippen molar-refractivity contribution in [3.63, 3.8) is 0 Å². The Labute approximate surface area is 198 Å². The van der Waals surface area contributed by atoms with E-state index in [1.54, 1.807) is 13.2 Å². The van der Waals surface area contributed by atoms with Crippen LogP contribution in [0.15, 0.2) is 47.4 Å². The zero-order chi connectivity index (χ0) is 23.2. The molecule has 0 radical (unpaired) electrons. The van der Waals surface area contributed by atoms with Crippen molar-refractivity contribution in [1.29, 1.82) is 0 Å². The third kappa shape index (κ3) is 5.86. The molecule has 33 heavy (non-hydrogen) atoms. The van der Waals surface area contributed by atoms with Crippen molar-refractivity contribution in [3.8, 4) is 5.75 Å². The lowest BCUT2D eigenvalue weighted by Gasteiger charge is -2.35. The quantitative estimate of drug-likeness (QED) is 0.579. The minimum absolute atomic E-state index is 0.00490. The second-order valence-corrected chi connectivity index (χ2v) is 9.41. The molecule has 0 unspecified atom stereocenters. The molecule has 0 bridgehead atoms. The summed E-state index contributed by atoms with van der Waals surface area (Å²) in [4.78, 5) is 32.5. The Morgan fingerprint density at radius 2 is 1.70 bits per heavy atom. The fraction of sp³-hybridized carbons (Fsp3) is 0.440. The number of nitrogens with zero attached hydrogens (tertiary/aromatic N) is 3. The van der Waals surface area contributed by atoms with E-state index in [-0.39, 0.29) is 17.6 Å². The molecular formula is C25H30FN3O3S. The fourth-order valence-corrected chi connectivity index (χ4v) is 5.30. The molecule has 2 heterocycles. The molecule has 0 aromatic heterocycles. The summed E-state index contributed by atoms with van der Waals surface area (Å²) in [5, 5.41) is 0. The van der Waals surface area contributed by atoms with Crippen molar-refractivity contribution in [2.24, 2.45) is 0 Å². The van der Waals surface area contributed by atoms with Crippen LogP contribution in [0.3, 0.4) is 0 Å². The molecule has 2 amide bonds. The van der Waals surface area contributed by atoms with Crippen LogP contribution in [-0.2, 0) is 11.3 Å². The number of amides is 2. The number of carbonyl (C=O) groups excluding carboxylic acids is 2. The van der Waals surface area contributed by atoms with Gasteiger partial charge in [-0.3, -0.25) is 14.5 Å². The highest BCUT2D eigenvalue weighted by molar-refractivity contribution is 8.00. The van der Waals surface area contributed by atoms with Gasteiger partial charge in [0, 0.05) is 56.3 Å². The van der Waals surface area contributed by atoms with Crippen LogP contribution in [0.2, 0.25) is 0 Å². The van der Waals surface area contributed by atoms with Gasteiger partial charge >= 0.3 is 0 Å². The van der Waals surface area contributed by atoms with Crippen molar-refractivity contribution >= 4 is 23.6 Å². The maximum absolute atomic E-state index is 13.7. The second kappa shape index (κ2) is 11.0. The van der Waals surface area contributed by atoms with E-state index in [1.165, 1.54) is 23.9 Å². The summed E-state index contributed by atoms with van der Waals surface area (Å²) in [6.45, 7) is 4.86. The lowest BCUT2D eigenvalue weighted by molar-refractivity contribution is -0.127. The van der Waals surface area contributed by atoms with Gasteiger partial charge in [-0.25, -0.2) is 4.39 Å². The standard InChI is InChI=1S/C25H30FN3O3S/c1-32-22-9-8-20(26)16-19(22)17-27-12-14-29(15-13-27)25(31)21-6-2-3-7-23(21)33-18-24(30)28-10-4-5-11-28/h2-3,6-9,16H,4-5,10-15,17-18H2,1H3. The Balaban J connectivity index is 1.34. The van der Waals surface area contributed by atoms with E-state index in [0.29, 0.717) is 49.8 Å². The zero-order valence-corrected chi connectivity index (χ0v) is 19.8. The highest BCUT2D eigenvalue weighted by Crippen LogP contribution is 2.26. The number of thioether (sulfide) groups is 1. The molecule has 0 spiro atoms. The van der Waals surface area contributed by atoms with Crippen LogP contribution >= 0.6 is 11.8 Å². The molecule has 8 heteroatoms.